The fraction of sp³-hybridized carbons (Fsp3) is 0.267. The first-order valence-electron chi connectivity index (χ1n) is 6.61. The molecule has 0 bridgehead atoms. The number of benzene rings is 1. The van der Waals surface area contributed by atoms with Gasteiger partial charge in [-0.25, -0.2) is 0 Å². The van der Waals surface area contributed by atoms with Crippen molar-refractivity contribution in [3.8, 4) is 5.69 Å². The van der Waals surface area contributed by atoms with Crippen molar-refractivity contribution < 1.29 is 0 Å². The highest BCUT2D eigenvalue weighted by Gasteiger charge is 2.09. The lowest BCUT2D eigenvalue weighted by molar-refractivity contribution is 0.863. The van der Waals surface area contributed by atoms with Crippen LogP contribution in [0, 0.1) is 6.92 Å². The molecule has 20 heavy (non-hydrogen) atoms. The molecule has 0 spiro atoms. The Hall–Kier alpha value is -2.43. The fourth-order valence-corrected chi connectivity index (χ4v) is 2.23. The molecule has 0 saturated carbocycles. The zero-order valence-electron chi connectivity index (χ0n) is 11.7. The van der Waals surface area contributed by atoms with Gasteiger partial charge in [0.05, 0.1) is 0 Å². The minimum Gasteiger partial charge on any atom is -0.281 e. The lowest BCUT2D eigenvalue weighted by Gasteiger charge is -2.09. The number of rotatable bonds is 2. The summed E-state index contributed by atoms with van der Waals surface area (Å²) in [5.74, 6) is 1.18. The fourth-order valence-electron chi connectivity index (χ4n) is 2.23. The lowest BCUT2D eigenvalue weighted by atomic mass is 10.0. The maximum absolute atomic E-state index is 12.4. The molecule has 5 nitrogen and oxygen atoms in total. The summed E-state index contributed by atoms with van der Waals surface area (Å²) in [7, 11) is 0. The average molecular weight is 268 g/mol. The molecule has 2 aromatic heterocycles. The van der Waals surface area contributed by atoms with Gasteiger partial charge in [-0.3, -0.25) is 13.8 Å². The monoisotopic (exact) mass is 268 g/mol. The van der Waals surface area contributed by atoms with Crippen molar-refractivity contribution in [1.82, 2.24) is 19.2 Å². The molecule has 3 rings (SSSR count). The van der Waals surface area contributed by atoms with Crippen LogP contribution in [0.25, 0.3) is 11.3 Å². The van der Waals surface area contributed by atoms with Gasteiger partial charge in [-0.2, -0.15) is 0 Å². The van der Waals surface area contributed by atoms with Crippen molar-refractivity contribution in [3.63, 3.8) is 0 Å². The summed E-state index contributed by atoms with van der Waals surface area (Å²) in [6.07, 6.45) is 3.55. The van der Waals surface area contributed by atoms with E-state index in [9.17, 15) is 4.79 Å². The van der Waals surface area contributed by atoms with Crippen molar-refractivity contribution in [2.75, 3.05) is 0 Å². The van der Waals surface area contributed by atoms with Gasteiger partial charge in [0.15, 0.2) is 0 Å². The van der Waals surface area contributed by atoms with E-state index in [0.717, 1.165) is 5.69 Å². The first-order chi connectivity index (χ1) is 9.58. The van der Waals surface area contributed by atoms with E-state index in [-0.39, 0.29) is 5.56 Å². The number of hydrogen-bond donors (Lipinski definition) is 0. The minimum atomic E-state index is -0.162. The Bertz CT molecular complexity index is 812. The van der Waals surface area contributed by atoms with E-state index in [2.05, 4.69) is 24.0 Å². The van der Waals surface area contributed by atoms with Crippen LogP contribution < -0.4 is 5.56 Å². The zero-order valence-corrected chi connectivity index (χ0v) is 11.7. The van der Waals surface area contributed by atoms with Crippen LogP contribution in [-0.2, 0) is 0 Å². The van der Waals surface area contributed by atoms with E-state index >= 15 is 0 Å². The van der Waals surface area contributed by atoms with E-state index in [1.54, 1.807) is 15.2 Å². The van der Waals surface area contributed by atoms with Crippen LogP contribution in [0.15, 0.2) is 41.5 Å². The molecule has 0 saturated heterocycles. The molecule has 5 heteroatoms. The molecule has 102 valence electrons. The highest BCUT2D eigenvalue weighted by Crippen LogP contribution is 2.16. The van der Waals surface area contributed by atoms with E-state index in [4.69, 9.17) is 0 Å². The number of fused-ring (bicyclic) bond motifs is 1. The second-order valence-corrected chi connectivity index (χ2v) is 5.16. The molecule has 0 aliphatic rings. The summed E-state index contributed by atoms with van der Waals surface area (Å²) in [6.45, 7) is 6.11. The van der Waals surface area contributed by atoms with Crippen LogP contribution in [0.2, 0.25) is 0 Å². The molecular formula is C15H16N4O. The van der Waals surface area contributed by atoms with Gasteiger partial charge in [0.2, 0.25) is 5.65 Å². The van der Waals surface area contributed by atoms with Crippen LogP contribution in [0.5, 0.6) is 0 Å². The van der Waals surface area contributed by atoms with Gasteiger partial charge in [-0.15, -0.1) is 10.2 Å². The largest absolute Gasteiger partial charge is 0.300 e. The lowest BCUT2D eigenvalue weighted by Crippen LogP contribution is -2.20. The van der Waals surface area contributed by atoms with Crippen LogP contribution in [0.3, 0.4) is 0 Å². The summed E-state index contributed by atoms with van der Waals surface area (Å²) in [5, 5.41) is 7.86. The zero-order chi connectivity index (χ0) is 14.3. The van der Waals surface area contributed by atoms with Gasteiger partial charge >= 0.3 is 5.56 Å². The Morgan fingerprint density at radius 3 is 2.40 bits per heavy atom. The van der Waals surface area contributed by atoms with Gasteiger partial charge < -0.3 is 0 Å². The van der Waals surface area contributed by atoms with Gasteiger partial charge in [-0.05, 0) is 30.5 Å². The third-order valence-electron chi connectivity index (χ3n) is 3.48. The van der Waals surface area contributed by atoms with E-state index < -0.39 is 0 Å². The second kappa shape index (κ2) is 4.59. The molecular weight excluding hydrogens is 252 g/mol. The highest BCUT2D eigenvalue weighted by atomic mass is 16.1. The second-order valence-electron chi connectivity index (χ2n) is 5.16. The SMILES string of the molecule is Cc1nnc2c(=O)n(-c3ccc(C(C)C)cc3)ccn12. The number of nitrogens with zero attached hydrogens (tertiary/aromatic N) is 4. The van der Waals surface area contributed by atoms with Gasteiger partial charge in [0, 0.05) is 18.1 Å². The number of aryl methyl sites for hydroxylation is 1. The standard InChI is InChI=1S/C15H16N4O/c1-10(2)12-4-6-13(7-5-12)19-9-8-18-11(3)16-17-14(18)15(19)20/h4-10H,1-3H3. The predicted octanol–water partition coefficient (Wildman–Crippen LogP) is 2.31. The van der Waals surface area contributed by atoms with Crippen LogP contribution >= 0.6 is 0 Å². The quantitative estimate of drug-likeness (QED) is 0.716. The summed E-state index contributed by atoms with van der Waals surface area (Å²) >= 11 is 0. The van der Waals surface area contributed by atoms with Gasteiger partial charge in [0.25, 0.3) is 0 Å². The van der Waals surface area contributed by atoms with Crippen molar-refractivity contribution in [2.24, 2.45) is 0 Å². The topological polar surface area (TPSA) is 52.2 Å². The van der Waals surface area contributed by atoms with Gasteiger partial charge in [-0.1, -0.05) is 26.0 Å². The number of aromatic nitrogens is 4. The van der Waals surface area contributed by atoms with E-state index in [1.807, 2.05) is 37.4 Å². The molecule has 0 unspecified atom stereocenters. The molecule has 1 aromatic carbocycles. The average Bonchev–Trinajstić information content (AvgIpc) is 2.82. The Kier molecular flexibility index (Phi) is 2.89. The third kappa shape index (κ3) is 1.91. The Balaban J connectivity index is 2.14. The summed E-state index contributed by atoms with van der Waals surface area (Å²) in [4.78, 5) is 12.4. The molecule has 0 aliphatic heterocycles. The predicted molar refractivity (Wildman–Crippen MR) is 77.4 cm³/mol. The normalized spacial score (nSPS) is 11.4. The first-order valence-corrected chi connectivity index (χ1v) is 6.61. The Labute approximate surface area is 116 Å². The highest BCUT2D eigenvalue weighted by molar-refractivity contribution is 5.41. The van der Waals surface area contributed by atoms with Crippen LogP contribution in [0.1, 0.15) is 31.2 Å². The van der Waals surface area contributed by atoms with E-state index in [0.29, 0.717) is 17.4 Å². The van der Waals surface area contributed by atoms with Crippen LogP contribution in [-0.4, -0.2) is 19.2 Å². The smallest absolute Gasteiger partial charge is 0.281 e. The molecule has 0 N–H and O–H groups in total. The maximum atomic E-state index is 12.4. The molecule has 3 aromatic rings. The third-order valence-corrected chi connectivity index (χ3v) is 3.48. The minimum absolute atomic E-state index is 0.162. The summed E-state index contributed by atoms with van der Waals surface area (Å²) in [6, 6.07) is 8.00. The molecule has 0 atom stereocenters. The first kappa shape index (κ1) is 12.6. The summed E-state index contributed by atoms with van der Waals surface area (Å²) in [5.41, 5.74) is 2.27. The van der Waals surface area contributed by atoms with Crippen molar-refractivity contribution in [2.45, 2.75) is 26.7 Å². The van der Waals surface area contributed by atoms with Crippen molar-refractivity contribution >= 4 is 5.65 Å². The molecule has 0 fully saturated rings. The molecule has 0 aliphatic carbocycles. The number of hydrogen-bond acceptors (Lipinski definition) is 3. The van der Waals surface area contributed by atoms with Gasteiger partial charge in [0.1, 0.15) is 5.82 Å². The molecule has 2 heterocycles. The maximum Gasteiger partial charge on any atom is 0.300 e. The van der Waals surface area contributed by atoms with Crippen molar-refractivity contribution in [1.29, 1.82) is 0 Å². The molecule has 0 amide bonds. The summed E-state index contributed by atoms with van der Waals surface area (Å²) < 4.78 is 3.29. The molecule has 0 radical (unpaired) electrons. The Morgan fingerprint density at radius 2 is 1.75 bits per heavy atom. The Morgan fingerprint density at radius 1 is 1.05 bits per heavy atom. The van der Waals surface area contributed by atoms with Crippen LogP contribution in [0.4, 0.5) is 0 Å². The van der Waals surface area contributed by atoms with E-state index in [1.165, 1.54) is 5.56 Å². The van der Waals surface area contributed by atoms with Crippen molar-refractivity contribution in [3.05, 3.63) is 58.4 Å².